The number of halogens is 5. The summed E-state index contributed by atoms with van der Waals surface area (Å²) >= 11 is 4.08. The van der Waals surface area contributed by atoms with E-state index < -0.39 is 4.36 Å². The second-order valence-corrected chi connectivity index (χ2v) is 21.7. The first kappa shape index (κ1) is 12.4. The van der Waals surface area contributed by atoms with Crippen molar-refractivity contribution in [1.82, 2.24) is 0 Å². The molecule has 0 N–H and O–H groups in total. The van der Waals surface area contributed by atoms with E-state index in [1.807, 2.05) is 0 Å². The van der Waals surface area contributed by atoms with Gasteiger partial charge in [0.15, 0.2) is 0 Å². The lowest BCUT2D eigenvalue weighted by Crippen LogP contribution is -1.97. The second-order valence-electron chi connectivity index (χ2n) is 2.46. The van der Waals surface area contributed by atoms with Crippen LogP contribution in [0.1, 0.15) is 0 Å². The van der Waals surface area contributed by atoms with Crippen molar-refractivity contribution < 1.29 is 0 Å². The molecule has 1 aromatic rings. The largest absolute Gasteiger partial charge is 0.143 e. The second kappa shape index (κ2) is 2.94. The maximum atomic E-state index is 5.78. The van der Waals surface area contributed by atoms with Gasteiger partial charge in [0.1, 0.15) is 0 Å². The molecule has 0 aromatic heterocycles. The van der Waals surface area contributed by atoms with Gasteiger partial charge in [0.2, 0.25) is 0 Å². The van der Waals surface area contributed by atoms with E-state index in [2.05, 4.69) is 12.6 Å². The first-order valence-corrected chi connectivity index (χ1v) is 10.0. The summed E-state index contributed by atoms with van der Waals surface area (Å²) in [6.07, 6.45) is 0. The Labute approximate surface area is 104 Å². The minimum absolute atomic E-state index is 0.270. The highest BCUT2D eigenvalue weighted by molar-refractivity contribution is 9.23. The lowest BCUT2D eigenvalue weighted by molar-refractivity contribution is 1.36. The van der Waals surface area contributed by atoms with E-state index in [4.69, 9.17) is 53.4 Å². The normalized spacial score (nSPS) is 17.7. The quantitative estimate of drug-likeness (QED) is 0.605. The zero-order valence-corrected chi connectivity index (χ0v) is 11.5. The van der Waals surface area contributed by atoms with E-state index in [1.54, 1.807) is 12.1 Å². The summed E-state index contributed by atoms with van der Waals surface area (Å²) in [5.74, 6) is 0. The zero-order chi connectivity index (χ0) is 10.4. The summed E-state index contributed by atoms with van der Waals surface area (Å²) in [4.78, 5) is 1.01. The molecular formula is C6H5Cl5S2. The highest BCUT2D eigenvalue weighted by Crippen LogP contribution is 3.12. The van der Waals surface area contributed by atoms with Crippen molar-refractivity contribution in [2.24, 2.45) is 0 Å². The van der Waals surface area contributed by atoms with E-state index >= 15 is 0 Å². The molecule has 0 fully saturated rings. The molecule has 0 amide bonds. The summed E-state index contributed by atoms with van der Waals surface area (Å²) in [6, 6.07) is 6.38. The van der Waals surface area contributed by atoms with Gasteiger partial charge < -0.3 is 0 Å². The lowest BCUT2D eigenvalue weighted by Gasteiger charge is -2.50. The predicted molar refractivity (Wildman–Crippen MR) is 68.8 cm³/mol. The molecule has 0 aliphatic rings. The van der Waals surface area contributed by atoms with E-state index in [0.29, 0.717) is 0 Å². The third-order valence-corrected chi connectivity index (χ3v) is 5.42. The van der Waals surface area contributed by atoms with Gasteiger partial charge in [-0.3, -0.25) is 0 Å². The third kappa shape index (κ3) is 3.78. The number of hydrogen-bond acceptors (Lipinski definition) is 1. The smallest absolute Gasteiger partial charge is 0.0440 e. The first-order chi connectivity index (χ1) is 5.49. The van der Waals surface area contributed by atoms with Crippen molar-refractivity contribution in [3.05, 3.63) is 24.3 Å². The minimum Gasteiger partial charge on any atom is -0.143 e. The van der Waals surface area contributed by atoms with Crippen molar-refractivity contribution in [3.8, 4) is 0 Å². The molecule has 0 saturated carbocycles. The summed E-state index contributed by atoms with van der Waals surface area (Å²) in [6.45, 7) is 0. The van der Waals surface area contributed by atoms with Crippen LogP contribution in [-0.2, 0) is 0 Å². The van der Waals surface area contributed by atoms with Crippen LogP contribution in [0.5, 0.6) is 0 Å². The van der Waals surface area contributed by atoms with Crippen LogP contribution in [0.25, 0.3) is 0 Å². The molecule has 0 unspecified atom stereocenters. The Morgan fingerprint density at radius 1 is 0.846 bits per heavy atom. The van der Waals surface area contributed by atoms with Crippen molar-refractivity contribution in [2.75, 3.05) is 0 Å². The molecule has 1 rings (SSSR count). The first-order valence-electron chi connectivity index (χ1n) is 3.02. The molecule has 0 atom stereocenters. The predicted octanol–water partition coefficient (Wildman–Crippen LogP) is 5.98. The van der Waals surface area contributed by atoms with Crippen LogP contribution >= 0.6 is 70.4 Å². The van der Waals surface area contributed by atoms with Crippen LogP contribution in [0.3, 0.4) is 0 Å². The topological polar surface area (TPSA) is 0 Å². The van der Waals surface area contributed by atoms with Crippen molar-refractivity contribution in [1.29, 1.82) is 0 Å². The maximum absolute atomic E-state index is 5.78. The van der Waals surface area contributed by atoms with Gasteiger partial charge in [-0.15, -0.1) is 12.6 Å². The minimum atomic E-state index is -4.62. The molecule has 0 nitrogen and oxygen atoms in total. The summed E-state index contributed by atoms with van der Waals surface area (Å²) in [5.41, 5.74) is 0. The molecule has 0 heterocycles. The monoisotopic (exact) mass is 316 g/mol. The van der Waals surface area contributed by atoms with Crippen molar-refractivity contribution >= 4 is 70.4 Å². The number of thiol groups is 1. The van der Waals surface area contributed by atoms with Gasteiger partial charge in [0.05, 0.1) is 0 Å². The van der Waals surface area contributed by atoms with Crippen LogP contribution < -0.4 is 0 Å². The molecule has 0 radical (unpaired) electrons. The summed E-state index contributed by atoms with van der Waals surface area (Å²) < 4.78 is -4.62. The van der Waals surface area contributed by atoms with Crippen LogP contribution in [-0.4, -0.2) is 0 Å². The zero-order valence-electron chi connectivity index (χ0n) is 6.05. The average molecular weight is 319 g/mol. The van der Waals surface area contributed by atoms with Crippen molar-refractivity contribution in [3.63, 3.8) is 0 Å². The number of rotatable bonds is 1. The number of hydrogen-bond donors (Lipinski definition) is 1. The van der Waals surface area contributed by atoms with Gasteiger partial charge in [-0.25, -0.2) is 0 Å². The molecule has 13 heavy (non-hydrogen) atoms. The van der Waals surface area contributed by atoms with E-state index in [9.17, 15) is 0 Å². The van der Waals surface area contributed by atoms with Gasteiger partial charge >= 0.3 is 0 Å². The molecule has 0 bridgehead atoms. The Balaban J connectivity index is 3.34. The van der Waals surface area contributed by atoms with Crippen LogP contribution in [0.2, 0.25) is 0 Å². The maximum Gasteiger partial charge on any atom is 0.0440 e. The van der Waals surface area contributed by atoms with Crippen LogP contribution in [0.4, 0.5) is 0 Å². The van der Waals surface area contributed by atoms with E-state index in [-0.39, 0.29) is 4.90 Å². The standard InChI is InChI=1S/C6H5Cl5S2/c7-13(8,9,10,11)6-3-1-5(12)2-4-6/h1-4,12H. The number of benzene rings is 1. The Morgan fingerprint density at radius 2 is 1.23 bits per heavy atom. The van der Waals surface area contributed by atoms with E-state index in [0.717, 1.165) is 4.90 Å². The fourth-order valence-electron chi connectivity index (χ4n) is 0.703. The Kier molecular flexibility index (Phi) is 2.82. The molecule has 7 heteroatoms. The van der Waals surface area contributed by atoms with Crippen molar-refractivity contribution in [2.45, 2.75) is 9.79 Å². The van der Waals surface area contributed by atoms with Gasteiger partial charge in [-0.1, -0.05) is 0 Å². The highest BCUT2D eigenvalue weighted by atomic mass is 36.6. The fourth-order valence-corrected chi connectivity index (χ4v) is 3.05. The highest BCUT2D eigenvalue weighted by Gasteiger charge is 2.53. The molecule has 0 saturated heterocycles. The third-order valence-electron chi connectivity index (χ3n) is 1.28. The molecular weight excluding hydrogens is 313 g/mol. The Morgan fingerprint density at radius 3 is 1.54 bits per heavy atom. The van der Waals surface area contributed by atoms with Crippen LogP contribution in [0, 0.1) is 0 Å². The summed E-state index contributed by atoms with van der Waals surface area (Å²) in [5, 5.41) is 0. The molecule has 1 aromatic carbocycles. The van der Waals surface area contributed by atoms with Gasteiger partial charge in [0, 0.05) is 14.2 Å². The van der Waals surface area contributed by atoms with Gasteiger partial charge in [0.25, 0.3) is 0 Å². The van der Waals surface area contributed by atoms with Gasteiger partial charge in [-0.05, 0) is 77.7 Å². The Bertz CT molecular complexity index is 323. The Hall–Kier alpha value is 1.37. The molecule has 0 aliphatic heterocycles. The molecule has 0 aliphatic carbocycles. The van der Waals surface area contributed by atoms with Gasteiger partial charge in [-0.2, -0.15) is 0 Å². The average Bonchev–Trinajstić information content (AvgIpc) is 1.82. The molecule has 76 valence electrons. The van der Waals surface area contributed by atoms with Crippen LogP contribution in [0.15, 0.2) is 34.1 Å². The SMILES string of the molecule is Sc1ccc(S(Cl)(Cl)(Cl)(Cl)Cl)cc1. The molecule has 0 spiro atoms. The lowest BCUT2D eigenvalue weighted by atomic mass is 10.4. The van der Waals surface area contributed by atoms with E-state index in [1.165, 1.54) is 12.1 Å². The summed E-state index contributed by atoms with van der Waals surface area (Å²) in [7, 11) is 28.9. The fraction of sp³-hybridized carbons (Fsp3) is 0.